The molecule has 2 aromatic carbocycles. The molecule has 0 saturated heterocycles. The number of methoxy groups -OCH3 is 2. The van der Waals surface area contributed by atoms with Gasteiger partial charge in [-0.25, -0.2) is 4.79 Å². The Kier molecular flexibility index (Phi) is 5.60. The molecule has 120 valence electrons. The van der Waals surface area contributed by atoms with Gasteiger partial charge < -0.3 is 14.2 Å². The van der Waals surface area contributed by atoms with Crippen LogP contribution in [0.2, 0.25) is 5.02 Å². The summed E-state index contributed by atoms with van der Waals surface area (Å²) in [5.41, 5.74) is 0.551. The first-order chi connectivity index (χ1) is 11.1. The van der Waals surface area contributed by atoms with Crippen molar-refractivity contribution >= 4 is 23.4 Å². The van der Waals surface area contributed by atoms with Crippen LogP contribution in [0.1, 0.15) is 20.7 Å². The van der Waals surface area contributed by atoms with Gasteiger partial charge in [0.1, 0.15) is 17.1 Å². The Morgan fingerprint density at radius 1 is 0.957 bits per heavy atom. The van der Waals surface area contributed by atoms with Gasteiger partial charge >= 0.3 is 5.97 Å². The summed E-state index contributed by atoms with van der Waals surface area (Å²) in [6.45, 7) is -0.387. The fraction of sp³-hybridized carbons (Fsp3) is 0.176. The van der Waals surface area contributed by atoms with E-state index in [1.807, 2.05) is 0 Å². The monoisotopic (exact) mass is 334 g/mol. The van der Waals surface area contributed by atoms with Gasteiger partial charge in [0.2, 0.25) is 0 Å². The van der Waals surface area contributed by atoms with Gasteiger partial charge in [-0.1, -0.05) is 17.7 Å². The molecule has 0 N–H and O–H groups in total. The second-order valence-electron chi connectivity index (χ2n) is 4.54. The summed E-state index contributed by atoms with van der Waals surface area (Å²) in [6, 6.07) is 11.2. The van der Waals surface area contributed by atoms with Crippen LogP contribution in [-0.2, 0) is 4.74 Å². The molecule has 0 saturated carbocycles. The molecule has 0 radical (unpaired) electrons. The van der Waals surface area contributed by atoms with Crippen LogP contribution in [0.5, 0.6) is 11.5 Å². The Hall–Kier alpha value is -2.53. The number of Topliss-reactive ketones (excluding diaryl/α,β-unsaturated/α-hetero) is 1. The molecule has 0 aromatic heterocycles. The lowest BCUT2D eigenvalue weighted by atomic mass is 10.1. The molecule has 0 bridgehead atoms. The van der Waals surface area contributed by atoms with E-state index in [2.05, 4.69) is 0 Å². The molecule has 0 atom stereocenters. The molecule has 0 aliphatic heterocycles. The van der Waals surface area contributed by atoms with Gasteiger partial charge in [0.25, 0.3) is 0 Å². The molecule has 5 nitrogen and oxygen atoms in total. The van der Waals surface area contributed by atoms with Crippen molar-refractivity contribution in [2.24, 2.45) is 0 Å². The molecule has 23 heavy (non-hydrogen) atoms. The summed E-state index contributed by atoms with van der Waals surface area (Å²) >= 11 is 5.77. The first-order valence-corrected chi connectivity index (χ1v) is 7.11. The molecule has 0 unspecified atom stereocenters. The lowest BCUT2D eigenvalue weighted by Crippen LogP contribution is -2.15. The Morgan fingerprint density at radius 2 is 1.52 bits per heavy atom. The quantitative estimate of drug-likeness (QED) is 0.598. The number of hydrogen-bond donors (Lipinski definition) is 0. The van der Waals surface area contributed by atoms with E-state index in [0.29, 0.717) is 22.1 Å². The molecular weight excluding hydrogens is 320 g/mol. The van der Waals surface area contributed by atoms with Gasteiger partial charge in [0.05, 0.1) is 14.2 Å². The van der Waals surface area contributed by atoms with E-state index in [1.54, 1.807) is 42.5 Å². The molecule has 6 heteroatoms. The summed E-state index contributed by atoms with van der Waals surface area (Å²) in [4.78, 5) is 24.3. The second kappa shape index (κ2) is 7.65. The average Bonchev–Trinajstić information content (AvgIpc) is 2.59. The zero-order valence-electron chi connectivity index (χ0n) is 12.7. The summed E-state index contributed by atoms with van der Waals surface area (Å²) in [6.07, 6.45) is 0. The molecule has 0 aliphatic rings. The third kappa shape index (κ3) is 4.02. The zero-order chi connectivity index (χ0) is 16.8. The van der Waals surface area contributed by atoms with Gasteiger partial charge in [0.15, 0.2) is 12.4 Å². The Balaban J connectivity index is 2.11. The molecule has 0 aliphatic carbocycles. The standard InChI is InChI=1S/C17H15ClO5/c1-21-14-4-3-5-15(22-2)16(14)17(20)23-10-13(19)11-6-8-12(18)9-7-11/h3-9H,10H2,1-2H3. The number of rotatable bonds is 6. The number of hydrogen-bond acceptors (Lipinski definition) is 5. The second-order valence-corrected chi connectivity index (χ2v) is 4.98. The van der Waals surface area contributed by atoms with E-state index in [0.717, 1.165) is 0 Å². The van der Waals surface area contributed by atoms with E-state index in [1.165, 1.54) is 14.2 Å². The first kappa shape index (κ1) is 16.8. The molecule has 0 spiro atoms. The van der Waals surface area contributed by atoms with Crippen molar-refractivity contribution in [1.82, 2.24) is 0 Å². The van der Waals surface area contributed by atoms with Gasteiger partial charge in [0, 0.05) is 10.6 Å². The number of benzene rings is 2. The summed E-state index contributed by atoms with van der Waals surface area (Å²) in [5, 5.41) is 0.525. The van der Waals surface area contributed by atoms with Crippen LogP contribution < -0.4 is 9.47 Å². The zero-order valence-corrected chi connectivity index (χ0v) is 13.4. The van der Waals surface area contributed by atoms with Crippen LogP contribution in [0.4, 0.5) is 0 Å². The largest absolute Gasteiger partial charge is 0.496 e. The number of esters is 1. The molecule has 0 heterocycles. The lowest BCUT2D eigenvalue weighted by molar-refractivity contribution is 0.0468. The van der Waals surface area contributed by atoms with Crippen molar-refractivity contribution in [3.8, 4) is 11.5 Å². The minimum Gasteiger partial charge on any atom is -0.496 e. The van der Waals surface area contributed by atoms with E-state index in [4.69, 9.17) is 25.8 Å². The van der Waals surface area contributed by atoms with Gasteiger partial charge in [-0.3, -0.25) is 4.79 Å². The van der Waals surface area contributed by atoms with Crippen molar-refractivity contribution in [1.29, 1.82) is 0 Å². The normalized spacial score (nSPS) is 10.0. The third-order valence-corrected chi connectivity index (χ3v) is 3.38. The van der Waals surface area contributed by atoms with Crippen LogP contribution in [-0.4, -0.2) is 32.6 Å². The van der Waals surface area contributed by atoms with Crippen molar-refractivity contribution in [2.45, 2.75) is 0 Å². The highest BCUT2D eigenvalue weighted by atomic mass is 35.5. The summed E-state index contributed by atoms with van der Waals surface area (Å²) in [5.74, 6) is -0.396. The maximum absolute atomic E-state index is 12.2. The number of halogens is 1. The fourth-order valence-electron chi connectivity index (χ4n) is 1.97. The Morgan fingerprint density at radius 3 is 2.04 bits per heavy atom. The van der Waals surface area contributed by atoms with Crippen LogP contribution in [0.25, 0.3) is 0 Å². The van der Waals surface area contributed by atoms with E-state index in [-0.39, 0.29) is 18.0 Å². The topological polar surface area (TPSA) is 61.8 Å². The van der Waals surface area contributed by atoms with E-state index >= 15 is 0 Å². The van der Waals surface area contributed by atoms with Crippen LogP contribution >= 0.6 is 11.6 Å². The fourth-order valence-corrected chi connectivity index (χ4v) is 2.10. The number of ether oxygens (including phenoxy) is 3. The van der Waals surface area contributed by atoms with Gasteiger partial charge in [-0.15, -0.1) is 0 Å². The minimum absolute atomic E-state index is 0.140. The van der Waals surface area contributed by atoms with Crippen LogP contribution in [0, 0.1) is 0 Å². The summed E-state index contributed by atoms with van der Waals surface area (Å²) in [7, 11) is 2.87. The SMILES string of the molecule is COc1cccc(OC)c1C(=O)OCC(=O)c1ccc(Cl)cc1. The van der Waals surface area contributed by atoms with Crippen LogP contribution in [0.3, 0.4) is 0 Å². The van der Waals surface area contributed by atoms with Crippen LogP contribution in [0.15, 0.2) is 42.5 Å². The highest BCUT2D eigenvalue weighted by Crippen LogP contribution is 2.28. The highest BCUT2D eigenvalue weighted by Gasteiger charge is 2.20. The average molecular weight is 335 g/mol. The van der Waals surface area contributed by atoms with Crippen molar-refractivity contribution in [3.05, 3.63) is 58.6 Å². The minimum atomic E-state index is -0.693. The van der Waals surface area contributed by atoms with Crippen molar-refractivity contribution < 1.29 is 23.8 Å². The van der Waals surface area contributed by atoms with Crippen molar-refractivity contribution in [2.75, 3.05) is 20.8 Å². The molecule has 2 rings (SSSR count). The lowest BCUT2D eigenvalue weighted by Gasteiger charge is -2.12. The Bertz CT molecular complexity index is 687. The maximum Gasteiger partial charge on any atom is 0.346 e. The first-order valence-electron chi connectivity index (χ1n) is 6.73. The predicted octanol–water partition coefficient (Wildman–Crippen LogP) is 3.40. The number of carbonyl (C=O) groups is 2. The molecule has 0 amide bonds. The van der Waals surface area contributed by atoms with Gasteiger partial charge in [-0.2, -0.15) is 0 Å². The Labute approximate surface area is 138 Å². The third-order valence-electron chi connectivity index (χ3n) is 3.13. The van der Waals surface area contributed by atoms with Gasteiger partial charge in [-0.05, 0) is 36.4 Å². The number of carbonyl (C=O) groups excluding carboxylic acids is 2. The van der Waals surface area contributed by atoms with E-state index < -0.39 is 5.97 Å². The predicted molar refractivity (Wildman–Crippen MR) is 85.6 cm³/mol. The van der Waals surface area contributed by atoms with Crippen molar-refractivity contribution in [3.63, 3.8) is 0 Å². The molecule has 2 aromatic rings. The number of ketones is 1. The highest BCUT2D eigenvalue weighted by molar-refractivity contribution is 6.30. The summed E-state index contributed by atoms with van der Waals surface area (Å²) < 4.78 is 15.3. The maximum atomic E-state index is 12.2. The van der Waals surface area contributed by atoms with E-state index in [9.17, 15) is 9.59 Å². The molecule has 0 fully saturated rings. The smallest absolute Gasteiger partial charge is 0.346 e. The molecular formula is C17H15ClO5.